The molecule has 2 aliphatic rings. The summed E-state index contributed by atoms with van der Waals surface area (Å²) >= 11 is 6.70. The molecule has 4 aromatic rings. The van der Waals surface area contributed by atoms with Crippen LogP contribution in [0, 0.1) is 17.1 Å². The minimum atomic E-state index is -1.61. The summed E-state index contributed by atoms with van der Waals surface area (Å²) in [6.07, 6.45) is 7.98. The van der Waals surface area contributed by atoms with Gasteiger partial charge in [-0.15, -0.1) is 5.10 Å². The van der Waals surface area contributed by atoms with Gasteiger partial charge in [0, 0.05) is 23.3 Å². The van der Waals surface area contributed by atoms with Crippen molar-refractivity contribution in [2.24, 2.45) is 0 Å². The maximum Gasteiger partial charge on any atom is 0.123 e. The highest BCUT2D eigenvalue weighted by molar-refractivity contribution is 6.35. The predicted molar refractivity (Wildman–Crippen MR) is 144 cm³/mol. The fourth-order valence-corrected chi connectivity index (χ4v) is 5.29. The van der Waals surface area contributed by atoms with E-state index in [2.05, 4.69) is 32.0 Å². The predicted octanol–water partition coefficient (Wildman–Crippen LogP) is 5.74. The van der Waals surface area contributed by atoms with E-state index in [0.29, 0.717) is 50.5 Å². The van der Waals surface area contributed by atoms with Gasteiger partial charge in [-0.25, -0.2) is 9.07 Å². The molecule has 6 rings (SSSR count). The van der Waals surface area contributed by atoms with Crippen LogP contribution in [0.15, 0.2) is 48.8 Å². The number of rotatable bonds is 7. The van der Waals surface area contributed by atoms with E-state index in [4.69, 9.17) is 11.6 Å². The summed E-state index contributed by atoms with van der Waals surface area (Å²) in [6.45, 7) is 0. The average Bonchev–Trinajstić information content (AvgIpc) is 3.65. The Bertz CT molecular complexity index is 1570. The van der Waals surface area contributed by atoms with Gasteiger partial charge in [0.15, 0.2) is 0 Å². The number of hydrogen-bond donors (Lipinski definition) is 3. The Morgan fingerprint density at radius 2 is 2.03 bits per heavy atom. The van der Waals surface area contributed by atoms with E-state index < -0.39 is 11.8 Å². The quantitative estimate of drug-likeness (QED) is 0.278. The van der Waals surface area contributed by atoms with Crippen LogP contribution in [-0.2, 0) is 0 Å². The maximum atomic E-state index is 13.8. The van der Waals surface area contributed by atoms with Crippen molar-refractivity contribution in [1.82, 2.24) is 20.0 Å². The van der Waals surface area contributed by atoms with Gasteiger partial charge in [-0.2, -0.15) is 5.26 Å². The molecule has 2 aliphatic carbocycles. The van der Waals surface area contributed by atoms with Gasteiger partial charge in [0.05, 0.1) is 47.5 Å². The summed E-state index contributed by atoms with van der Waals surface area (Å²) in [7, 11) is 0. The first kappa shape index (κ1) is 23.4. The van der Waals surface area contributed by atoms with Gasteiger partial charge in [-0.1, -0.05) is 28.9 Å². The summed E-state index contributed by atoms with van der Waals surface area (Å²) in [6, 6.07) is 10.1. The zero-order valence-electron chi connectivity index (χ0n) is 21.5. The average molecular weight is 533 g/mol. The van der Waals surface area contributed by atoms with E-state index in [-0.39, 0.29) is 18.2 Å². The number of fused-ring (bicyclic) bond motifs is 1. The van der Waals surface area contributed by atoms with E-state index in [9.17, 15) is 16.1 Å². The Labute approximate surface area is 225 Å². The molecule has 0 spiro atoms. The Morgan fingerprint density at radius 1 is 1.21 bits per heavy atom. The zero-order valence-corrected chi connectivity index (χ0v) is 21.3. The normalized spacial score (nSPS) is 21.4. The molecule has 2 fully saturated rings. The van der Waals surface area contributed by atoms with Gasteiger partial charge in [-0.3, -0.25) is 4.98 Å². The van der Waals surface area contributed by atoms with Gasteiger partial charge in [0.1, 0.15) is 17.6 Å². The number of pyridine rings is 1. The van der Waals surface area contributed by atoms with Crippen molar-refractivity contribution >= 4 is 33.9 Å². The van der Waals surface area contributed by atoms with Gasteiger partial charge >= 0.3 is 0 Å². The molecule has 38 heavy (non-hydrogen) atoms. The second-order valence-electron chi connectivity index (χ2n) is 10.00. The minimum absolute atomic E-state index is 0.00575. The minimum Gasteiger partial charge on any atom is -0.393 e. The third kappa shape index (κ3) is 5.02. The van der Waals surface area contributed by atoms with Crippen LogP contribution in [0.2, 0.25) is 5.02 Å². The molecule has 2 aromatic heterocycles. The van der Waals surface area contributed by atoms with Crippen molar-refractivity contribution in [2.45, 2.75) is 62.7 Å². The highest BCUT2D eigenvalue weighted by Crippen LogP contribution is 2.38. The summed E-state index contributed by atoms with van der Waals surface area (Å²) in [5.41, 5.74) is 2.79. The lowest BCUT2D eigenvalue weighted by atomic mass is 9.92. The van der Waals surface area contributed by atoms with Crippen molar-refractivity contribution in [2.75, 3.05) is 10.6 Å². The van der Waals surface area contributed by atoms with Crippen LogP contribution in [-0.4, -0.2) is 37.2 Å². The number of nitrogens with one attached hydrogen (secondary N) is 2. The van der Waals surface area contributed by atoms with Gasteiger partial charge < -0.3 is 15.7 Å². The number of benzene rings is 2. The molecule has 10 heteroatoms. The van der Waals surface area contributed by atoms with Crippen molar-refractivity contribution < 1.29 is 10.9 Å². The van der Waals surface area contributed by atoms with Gasteiger partial charge in [0.25, 0.3) is 0 Å². The van der Waals surface area contributed by atoms with E-state index in [0.717, 1.165) is 32.1 Å². The molecular weight excluding hydrogens is 505 g/mol. The summed E-state index contributed by atoms with van der Waals surface area (Å²) in [4.78, 5) is 4.43. The van der Waals surface area contributed by atoms with E-state index >= 15 is 0 Å². The number of aliphatic hydroxyl groups excluding tert-OH is 1. The zero-order chi connectivity index (χ0) is 27.1. The molecule has 0 amide bonds. The largest absolute Gasteiger partial charge is 0.393 e. The Balaban J connectivity index is 1.44. The molecule has 0 saturated heterocycles. The van der Waals surface area contributed by atoms with Crippen molar-refractivity contribution in [3.8, 4) is 6.07 Å². The highest BCUT2D eigenvalue weighted by atomic mass is 35.5. The van der Waals surface area contributed by atoms with Crippen LogP contribution in [0.4, 0.5) is 15.8 Å². The molecule has 3 atom stereocenters. The van der Waals surface area contributed by atoms with Crippen molar-refractivity contribution in [3.05, 3.63) is 76.5 Å². The molecule has 0 radical (unpaired) electrons. The number of halogens is 2. The molecular formula is C28H27ClFN7O. The highest BCUT2D eigenvalue weighted by Gasteiger charge is 2.27. The fraction of sp³-hybridized carbons (Fsp3) is 0.357. The van der Waals surface area contributed by atoms with E-state index in [1.165, 1.54) is 18.3 Å². The fourth-order valence-electron chi connectivity index (χ4n) is 5.03. The molecule has 2 saturated carbocycles. The molecule has 2 aromatic carbocycles. The second-order valence-corrected chi connectivity index (χ2v) is 10.4. The van der Waals surface area contributed by atoms with Crippen LogP contribution in [0.1, 0.15) is 68.8 Å². The molecule has 2 heterocycles. The molecule has 3 N–H and O–H groups in total. The first-order valence-corrected chi connectivity index (χ1v) is 13.2. The maximum absolute atomic E-state index is 13.8. The summed E-state index contributed by atoms with van der Waals surface area (Å²) in [5, 5.41) is 36.2. The monoisotopic (exact) mass is 532 g/mol. The number of anilines is 2. The molecule has 8 nitrogen and oxygen atoms in total. The Kier molecular flexibility index (Phi) is 6.27. The summed E-state index contributed by atoms with van der Waals surface area (Å²) < 4.78 is 25.1. The number of nitrogens with zero attached hydrogens (tertiary/aromatic N) is 5. The van der Waals surface area contributed by atoms with Crippen LogP contribution in [0.25, 0.3) is 10.9 Å². The Hall–Kier alpha value is -3.74. The number of aromatic nitrogens is 4. The third-order valence-corrected chi connectivity index (χ3v) is 7.42. The van der Waals surface area contributed by atoms with Crippen molar-refractivity contribution in [3.63, 3.8) is 0 Å². The number of nitriles is 1. The molecule has 0 bridgehead atoms. The van der Waals surface area contributed by atoms with E-state index in [1.807, 2.05) is 0 Å². The molecule has 0 aliphatic heterocycles. The standard InChI is InChI=1S/C28H27ClFN7O/c29-24-12-20(11-23-26(17(13-31)14-32-28(23)24)33-19-2-1-3-22(38)10-19)34-27(16-4-6-18(30)7-5-16)25-15-37(36-35-25)21-8-9-21/h4-7,11-12,14-15,19,21-22,27,34,38H,1-3,8-10H2,(H,32,33)/t19-,22-,27+/m0/s1/i27D. The topological polar surface area (TPSA) is 112 Å². The van der Waals surface area contributed by atoms with Crippen LogP contribution in [0.3, 0.4) is 0 Å². The van der Waals surface area contributed by atoms with Gasteiger partial charge in [0.2, 0.25) is 0 Å². The lowest BCUT2D eigenvalue weighted by Crippen LogP contribution is -2.30. The summed E-state index contributed by atoms with van der Waals surface area (Å²) in [5.74, 6) is -0.407. The first-order valence-electron chi connectivity index (χ1n) is 13.3. The lowest BCUT2D eigenvalue weighted by molar-refractivity contribution is 0.124. The second kappa shape index (κ2) is 10.2. The van der Waals surface area contributed by atoms with E-state index in [1.54, 1.807) is 35.1 Å². The third-order valence-electron chi connectivity index (χ3n) is 7.13. The van der Waals surface area contributed by atoms with Crippen molar-refractivity contribution in [1.29, 1.82) is 5.26 Å². The number of hydrogen-bond acceptors (Lipinski definition) is 7. The van der Waals surface area contributed by atoms with Crippen LogP contribution < -0.4 is 10.6 Å². The smallest absolute Gasteiger partial charge is 0.123 e. The molecule has 194 valence electrons. The first-order chi connectivity index (χ1) is 18.8. The van der Waals surface area contributed by atoms with Crippen LogP contribution in [0.5, 0.6) is 0 Å². The van der Waals surface area contributed by atoms with Crippen LogP contribution >= 0.6 is 11.6 Å². The van der Waals surface area contributed by atoms with Gasteiger partial charge in [-0.05, 0) is 68.4 Å². The number of aliphatic hydroxyl groups is 1. The SMILES string of the molecule is [2H][C@@](Nc1cc(Cl)c2ncc(C#N)c(N[C@H]3CCC[C@H](O)C3)c2c1)(c1ccc(F)cc1)c1cn(C2CC2)nn1. The molecule has 0 unspecified atom stereocenters. The lowest BCUT2D eigenvalue weighted by Gasteiger charge is -2.28. The Morgan fingerprint density at radius 3 is 2.76 bits per heavy atom.